The standard InChI is InChI=1S/C18H25F9O4.C12H26O2Si/c1-5-13(2,3)12(28)31-11-7-9(14(4,29)16(19,20)21)6-10(8-11)15(30,17(22,23)24)18(25,26)27;1-7-12(2,3)11(13)14-9-8-10-15(4,5)6/h9-11,29-30H,5-8H2,1-4H3;7-10H2,1-6H3. The van der Waals surface area contributed by atoms with Gasteiger partial charge in [0.25, 0.3) is 5.60 Å². The van der Waals surface area contributed by atoms with Crippen molar-refractivity contribution in [1.29, 1.82) is 0 Å². The van der Waals surface area contributed by atoms with Crippen LogP contribution in [-0.2, 0) is 19.1 Å². The van der Waals surface area contributed by atoms with Gasteiger partial charge in [-0.15, -0.1) is 0 Å². The third kappa shape index (κ3) is 11.6. The maximum atomic E-state index is 13.3. The molecule has 0 aromatic heterocycles. The van der Waals surface area contributed by atoms with Crippen molar-refractivity contribution in [2.75, 3.05) is 6.61 Å². The van der Waals surface area contributed by atoms with Crippen LogP contribution in [0.1, 0.15) is 87.0 Å². The number of rotatable bonds is 11. The highest BCUT2D eigenvalue weighted by Gasteiger charge is 2.75. The van der Waals surface area contributed by atoms with Crippen LogP contribution in [0.15, 0.2) is 0 Å². The molecule has 46 heavy (non-hydrogen) atoms. The van der Waals surface area contributed by atoms with Gasteiger partial charge in [0, 0.05) is 19.9 Å². The van der Waals surface area contributed by atoms with Crippen LogP contribution in [0.3, 0.4) is 0 Å². The van der Waals surface area contributed by atoms with Crippen LogP contribution in [0.2, 0.25) is 25.7 Å². The normalized spacial score (nSPS) is 21.9. The highest BCUT2D eigenvalue weighted by atomic mass is 28.3. The third-order valence-electron chi connectivity index (χ3n) is 8.94. The molecule has 1 rings (SSSR count). The lowest BCUT2D eigenvalue weighted by Crippen LogP contribution is -2.64. The van der Waals surface area contributed by atoms with Crippen molar-refractivity contribution >= 4 is 20.0 Å². The molecule has 0 spiro atoms. The van der Waals surface area contributed by atoms with Gasteiger partial charge in [0.05, 0.1) is 17.4 Å². The Morgan fingerprint density at radius 1 is 0.696 bits per heavy atom. The zero-order chi connectivity index (χ0) is 37.0. The molecule has 6 nitrogen and oxygen atoms in total. The molecule has 16 heteroatoms. The molecule has 0 aliphatic heterocycles. The van der Waals surface area contributed by atoms with Crippen LogP contribution in [0.4, 0.5) is 39.5 Å². The number of hydrogen-bond acceptors (Lipinski definition) is 6. The average Bonchev–Trinajstić information content (AvgIpc) is 2.88. The van der Waals surface area contributed by atoms with E-state index in [1.165, 1.54) is 19.9 Å². The molecule has 4 unspecified atom stereocenters. The smallest absolute Gasteiger partial charge is 0.426 e. The minimum atomic E-state index is -6.28. The maximum Gasteiger partial charge on any atom is 0.426 e. The van der Waals surface area contributed by atoms with Gasteiger partial charge in [0.1, 0.15) is 6.10 Å². The summed E-state index contributed by atoms with van der Waals surface area (Å²) in [5.41, 5.74) is -10.6. The number of alkyl halides is 9. The molecule has 1 fully saturated rings. The highest BCUT2D eigenvalue weighted by Crippen LogP contribution is 2.55. The third-order valence-corrected chi connectivity index (χ3v) is 10.8. The van der Waals surface area contributed by atoms with Gasteiger partial charge in [-0.1, -0.05) is 39.5 Å². The number of ether oxygens (including phenoxy) is 2. The summed E-state index contributed by atoms with van der Waals surface area (Å²) >= 11 is 0. The number of carbonyl (C=O) groups excluding carboxylic acids is 2. The highest BCUT2D eigenvalue weighted by molar-refractivity contribution is 6.76. The molecule has 0 amide bonds. The monoisotopic (exact) mass is 706 g/mol. The topological polar surface area (TPSA) is 93.1 Å². The summed E-state index contributed by atoms with van der Waals surface area (Å²) in [6, 6.07) is 1.23. The first kappa shape index (κ1) is 44.4. The van der Waals surface area contributed by atoms with Gasteiger partial charge >= 0.3 is 30.5 Å². The van der Waals surface area contributed by atoms with Gasteiger partial charge in [-0.3, -0.25) is 9.59 Å². The number of esters is 2. The molecule has 1 aliphatic rings. The van der Waals surface area contributed by atoms with Crippen molar-refractivity contribution in [1.82, 2.24) is 0 Å². The predicted octanol–water partition coefficient (Wildman–Crippen LogP) is 8.61. The Morgan fingerprint density at radius 2 is 1.11 bits per heavy atom. The fourth-order valence-corrected chi connectivity index (χ4v) is 5.79. The SMILES string of the molecule is CCC(C)(C)C(=O)OC1CC(C(C)(O)C(F)(F)F)CC(C(O)(C(F)(F)F)C(F)(F)F)C1.CCC(C)(C)C(=O)OCCC[Si](C)(C)C. The zero-order valence-corrected chi connectivity index (χ0v) is 29.3. The molecule has 0 bridgehead atoms. The molecule has 4 atom stereocenters. The number of carbonyl (C=O) groups is 2. The summed E-state index contributed by atoms with van der Waals surface area (Å²) < 4.78 is 130. The van der Waals surface area contributed by atoms with Gasteiger partial charge < -0.3 is 19.7 Å². The first-order valence-corrected chi connectivity index (χ1v) is 18.9. The van der Waals surface area contributed by atoms with Crippen LogP contribution in [0.5, 0.6) is 0 Å². The quantitative estimate of drug-likeness (QED) is 0.0968. The predicted molar refractivity (Wildman–Crippen MR) is 156 cm³/mol. The van der Waals surface area contributed by atoms with Crippen LogP contribution in [0.25, 0.3) is 0 Å². The van der Waals surface area contributed by atoms with Gasteiger partial charge in [0.2, 0.25) is 0 Å². The molecule has 1 saturated carbocycles. The molecule has 0 radical (unpaired) electrons. The molecular weight excluding hydrogens is 655 g/mol. The molecule has 274 valence electrons. The Labute approximate surface area is 266 Å². The second kappa shape index (κ2) is 15.3. The Morgan fingerprint density at radius 3 is 1.48 bits per heavy atom. The second-order valence-electron chi connectivity index (χ2n) is 14.8. The van der Waals surface area contributed by atoms with E-state index >= 15 is 0 Å². The molecular formula is C30H51F9O6Si. The molecule has 1 aliphatic carbocycles. The van der Waals surface area contributed by atoms with Crippen molar-refractivity contribution in [3.8, 4) is 0 Å². The van der Waals surface area contributed by atoms with Crippen molar-refractivity contribution < 1.29 is 68.8 Å². The zero-order valence-electron chi connectivity index (χ0n) is 28.3. The minimum absolute atomic E-state index is 0.0550. The van der Waals surface area contributed by atoms with E-state index in [1.807, 2.05) is 20.8 Å². The van der Waals surface area contributed by atoms with E-state index in [2.05, 4.69) is 19.6 Å². The Kier molecular flexibility index (Phi) is 14.8. The van der Waals surface area contributed by atoms with Crippen molar-refractivity contribution in [2.45, 2.75) is 149 Å². The summed E-state index contributed by atoms with van der Waals surface area (Å²) in [5.74, 6) is -6.14. The van der Waals surface area contributed by atoms with Crippen molar-refractivity contribution in [3.63, 3.8) is 0 Å². The van der Waals surface area contributed by atoms with Crippen LogP contribution in [-0.4, -0.2) is 72.7 Å². The summed E-state index contributed by atoms with van der Waals surface area (Å²) in [6.07, 6.45) is -21.2. The van der Waals surface area contributed by atoms with Crippen LogP contribution in [0, 0.1) is 22.7 Å². The van der Waals surface area contributed by atoms with Crippen molar-refractivity contribution in [3.05, 3.63) is 0 Å². The van der Waals surface area contributed by atoms with Crippen LogP contribution >= 0.6 is 0 Å². The largest absolute Gasteiger partial charge is 0.465 e. The summed E-state index contributed by atoms with van der Waals surface area (Å²) in [7, 11) is -0.975. The van der Waals surface area contributed by atoms with E-state index in [4.69, 9.17) is 9.47 Å². The Hall–Kier alpha value is -1.55. The van der Waals surface area contributed by atoms with E-state index in [1.54, 1.807) is 6.92 Å². The summed E-state index contributed by atoms with van der Waals surface area (Å²) in [5, 5.41) is 19.6. The van der Waals surface area contributed by atoms with Crippen LogP contribution < -0.4 is 0 Å². The maximum absolute atomic E-state index is 13.3. The minimum Gasteiger partial charge on any atom is -0.465 e. The molecule has 0 heterocycles. The van der Waals surface area contributed by atoms with Gasteiger partial charge in [0.15, 0.2) is 5.60 Å². The number of aliphatic hydroxyl groups is 2. The average molecular weight is 707 g/mol. The van der Waals surface area contributed by atoms with E-state index in [9.17, 15) is 59.3 Å². The lowest BCUT2D eigenvalue weighted by molar-refractivity contribution is -0.391. The lowest BCUT2D eigenvalue weighted by atomic mass is 9.66. The van der Waals surface area contributed by atoms with Gasteiger partial charge in [-0.05, 0) is 73.1 Å². The number of halogens is 9. The summed E-state index contributed by atoms with van der Waals surface area (Å²) in [4.78, 5) is 23.9. The molecule has 2 N–H and O–H groups in total. The summed E-state index contributed by atoms with van der Waals surface area (Å²) in [6.45, 7) is 18.0. The molecule has 0 saturated heterocycles. The fourth-order valence-electron chi connectivity index (χ4n) is 4.58. The van der Waals surface area contributed by atoms with E-state index < -0.39 is 86.4 Å². The first-order valence-electron chi connectivity index (χ1n) is 15.2. The van der Waals surface area contributed by atoms with Gasteiger partial charge in [-0.25, -0.2) is 0 Å². The van der Waals surface area contributed by atoms with Crippen molar-refractivity contribution in [2.24, 2.45) is 22.7 Å². The van der Waals surface area contributed by atoms with E-state index in [0.29, 0.717) is 6.61 Å². The molecule has 0 aromatic carbocycles. The number of hydrogen-bond donors (Lipinski definition) is 2. The van der Waals surface area contributed by atoms with Gasteiger partial charge in [-0.2, -0.15) is 39.5 Å². The lowest BCUT2D eigenvalue weighted by Gasteiger charge is -2.47. The Bertz CT molecular complexity index is 985. The Balaban J connectivity index is 0.00000113. The second-order valence-corrected chi connectivity index (χ2v) is 20.4. The van der Waals surface area contributed by atoms with E-state index in [0.717, 1.165) is 12.8 Å². The fraction of sp³-hybridized carbons (Fsp3) is 0.933. The van der Waals surface area contributed by atoms with E-state index in [-0.39, 0.29) is 24.7 Å². The first-order chi connectivity index (χ1) is 20.2. The molecule has 0 aromatic rings.